The number of hydrogen-bond donors (Lipinski definition) is 1. The molecule has 0 spiro atoms. The molecule has 2 nitrogen and oxygen atoms in total. The number of rotatable bonds is 0. The van der Waals surface area contributed by atoms with E-state index in [0.717, 1.165) is 0 Å². The van der Waals surface area contributed by atoms with Crippen molar-refractivity contribution in [2.75, 3.05) is 18.0 Å². The Balaban J connectivity index is 2.20. The predicted octanol–water partition coefficient (Wildman–Crippen LogP) is 1.26. The second kappa shape index (κ2) is 2.99. The number of aryl methyl sites for hydroxylation is 2. The summed E-state index contributed by atoms with van der Waals surface area (Å²) in [5.74, 6) is 0. The molecule has 2 heterocycles. The second-order valence-corrected chi connectivity index (χ2v) is 4.46. The molecular weight excluding hydrogens is 172 g/mol. The molecule has 2 heteroatoms. The van der Waals surface area contributed by atoms with Gasteiger partial charge >= 0.3 is 0 Å². The maximum atomic E-state index is 4.07. The van der Waals surface area contributed by atoms with Gasteiger partial charge in [-0.25, -0.2) is 0 Å². The maximum absolute atomic E-state index is 4.07. The fraction of sp³-hybridized carbons (Fsp3) is 0.500. The average molecular weight is 189 g/mol. The summed E-state index contributed by atoms with van der Waals surface area (Å²) in [6.07, 6.45) is 5.14. The zero-order chi connectivity index (χ0) is 9.54. The number of benzene rings is 1. The van der Waals surface area contributed by atoms with Crippen LogP contribution in [0.3, 0.4) is 0 Å². The first kappa shape index (κ1) is 8.30. The summed E-state index contributed by atoms with van der Waals surface area (Å²) in [7, 11) is 0. The van der Waals surface area contributed by atoms with E-state index in [1.54, 1.807) is 16.8 Å². The van der Waals surface area contributed by atoms with Gasteiger partial charge in [-0.15, -0.1) is 0 Å². The Hall–Kier alpha value is -1.02. The molecule has 0 fully saturated rings. The zero-order valence-electron chi connectivity index (χ0n) is 8.55. The van der Waals surface area contributed by atoms with E-state index in [9.17, 15) is 0 Å². The molecule has 0 bridgehead atoms. The third-order valence-corrected chi connectivity index (χ3v) is 3.39. The van der Waals surface area contributed by atoms with Crippen LogP contribution < -0.4 is 10.6 Å². The highest BCUT2D eigenvalue weighted by molar-refractivity contribution is 5.66. The first-order chi connectivity index (χ1) is 6.84. The van der Waals surface area contributed by atoms with Crippen molar-refractivity contribution in [3.8, 4) is 0 Å². The average Bonchev–Trinajstić information content (AvgIpc) is 2.18. The smallest absolute Gasteiger partial charge is 0.128 e. The van der Waals surface area contributed by atoms with E-state index in [0.29, 0.717) is 0 Å². The van der Waals surface area contributed by atoms with Gasteiger partial charge in [0.05, 0.1) is 0 Å². The molecule has 2 aliphatic rings. The molecule has 0 amide bonds. The first-order valence-electron chi connectivity index (χ1n) is 5.57. The van der Waals surface area contributed by atoms with Gasteiger partial charge in [0, 0.05) is 30.9 Å². The van der Waals surface area contributed by atoms with E-state index >= 15 is 0 Å². The van der Waals surface area contributed by atoms with Crippen molar-refractivity contribution >= 4 is 11.4 Å². The molecule has 1 aromatic rings. The van der Waals surface area contributed by atoms with Crippen LogP contribution in [0, 0.1) is 0 Å². The molecule has 1 aromatic carbocycles. The van der Waals surface area contributed by atoms with Crippen LogP contribution >= 0.6 is 0 Å². The number of hydrogen-bond acceptors (Lipinski definition) is 1. The summed E-state index contributed by atoms with van der Waals surface area (Å²) in [6.45, 7) is 2.52. The van der Waals surface area contributed by atoms with Crippen LogP contribution in [0.1, 0.15) is 24.0 Å². The van der Waals surface area contributed by atoms with E-state index in [4.69, 9.17) is 0 Å². The van der Waals surface area contributed by atoms with Gasteiger partial charge in [-0.3, -0.25) is 0 Å². The fourth-order valence-electron chi connectivity index (χ4n) is 2.88. The molecule has 0 aliphatic carbocycles. The molecule has 2 aliphatic heterocycles. The highest BCUT2D eigenvalue weighted by atomic mass is 15.1. The molecule has 0 radical (unpaired) electrons. The lowest BCUT2D eigenvalue weighted by Crippen LogP contribution is -2.41. The van der Waals surface area contributed by atoms with Crippen molar-refractivity contribution in [2.45, 2.75) is 25.7 Å². The SMILES string of the molecule is [NH3+]c1cc2c3c(c1)CCCN3CCC2. The lowest BCUT2D eigenvalue weighted by Gasteiger charge is -2.36. The van der Waals surface area contributed by atoms with Crippen LogP contribution in [0.15, 0.2) is 12.1 Å². The molecule has 14 heavy (non-hydrogen) atoms. The van der Waals surface area contributed by atoms with Gasteiger partial charge in [0.25, 0.3) is 0 Å². The Kier molecular flexibility index (Phi) is 1.77. The molecule has 3 N–H and O–H groups in total. The van der Waals surface area contributed by atoms with E-state index in [1.165, 1.54) is 44.5 Å². The Labute approximate surface area is 84.7 Å². The lowest BCUT2D eigenvalue weighted by atomic mass is 9.91. The molecular formula is C12H17N2+. The predicted molar refractivity (Wildman–Crippen MR) is 57.8 cm³/mol. The standard InChI is InChI=1S/C12H16N2/c13-11-7-9-3-1-5-14-6-2-4-10(8-11)12(9)14/h7-8H,1-6,13H2/p+1. The van der Waals surface area contributed by atoms with Crippen molar-refractivity contribution in [1.29, 1.82) is 0 Å². The van der Waals surface area contributed by atoms with Gasteiger partial charge < -0.3 is 10.6 Å². The van der Waals surface area contributed by atoms with Crippen LogP contribution in [0.5, 0.6) is 0 Å². The van der Waals surface area contributed by atoms with E-state index in [-0.39, 0.29) is 0 Å². The Morgan fingerprint density at radius 1 is 1.00 bits per heavy atom. The minimum atomic E-state index is 1.20. The van der Waals surface area contributed by atoms with E-state index in [2.05, 4.69) is 22.8 Å². The summed E-state index contributed by atoms with van der Waals surface area (Å²) in [6, 6.07) is 4.55. The summed E-state index contributed by atoms with van der Waals surface area (Å²) in [4.78, 5) is 2.57. The van der Waals surface area contributed by atoms with Crippen LogP contribution in [-0.2, 0) is 12.8 Å². The van der Waals surface area contributed by atoms with Crippen molar-refractivity contribution in [2.24, 2.45) is 0 Å². The number of quaternary nitrogens is 1. The van der Waals surface area contributed by atoms with E-state index < -0.39 is 0 Å². The highest BCUT2D eigenvalue weighted by Crippen LogP contribution is 2.36. The van der Waals surface area contributed by atoms with Crippen molar-refractivity contribution in [1.82, 2.24) is 0 Å². The topological polar surface area (TPSA) is 30.9 Å². The molecule has 0 atom stereocenters. The second-order valence-electron chi connectivity index (χ2n) is 4.46. The van der Waals surface area contributed by atoms with Gasteiger partial charge in [-0.05, 0) is 36.8 Å². The van der Waals surface area contributed by atoms with Gasteiger partial charge in [-0.1, -0.05) is 0 Å². The molecule has 74 valence electrons. The number of anilines is 1. The van der Waals surface area contributed by atoms with Crippen LogP contribution in [-0.4, -0.2) is 13.1 Å². The van der Waals surface area contributed by atoms with Crippen LogP contribution in [0.2, 0.25) is 0 Å². The summed E-state index contributed by atoms with van der Waals surface area (Å²) in [5, 5.41) is 0. The van der Waals surface area contributed by atoms with Crippen LogP contribution in [0.4, 0.5) is 11.4 Å². The highest BCUT2D eigenvalue weighted by Gasteiger charge is 2.24. The third kappa shape index (κ3) is 1.14. The monoisotopic (exact) mass is 189 g/mol. The normalized spacial score (nSPS) is 19.4. The third-order valence-electron chi connectivity index (χ3n) is 3.39. The van der Waals surface area contributed by atoms with Gasteiger partial charge in [0.1, 0.15) is 5.69 Å². The first-order valence-corrected chi connectivity index (χ1v) is 5.57. The van der Waals surface area contributed by atoms with E-state index in [1.807, 2.05) is 0 Å². The van der Waals surface area contributed by atoms with Crippen molar-refractivity contribution in [3.63, 3.8) is 0 Å². The Morgan fingerprint density at radius 2 is 1.57 bits per heavy atom. The summed E-state index contributed by atoms with van der Waals surface area (Å²) in [5.41, 5.74) is 9.90. The van der Waals surface area contributed by atoms with Crippen LogP contribution in [0.25, 0.3) is 0 Å². The van der Waals surface area contributed by atoms with Gasteiger partial charge in [0.15, 0.2) is 0 Å². The molecule has 0 unspecified atom stereocenters. The summed E-state index contributed by atoms with van der Waals surface area (Å²) < 4.78 is 0. The minimum Gasteiger partial charge on any atom is -0.371 e. The molecule has 0 saturated carbocycles. The van der Waals surface area contributed by atoms with Gasteiger partial charge in [0.2, 0.25) is 0 Å². The largest absolute Gasteiger partial charge is 0.371 e. The van der Waals surface area contributed by atoms with Crippen molar-refractivity contribution in [3.05, 3.63) is 23.3 Å². The quantitative estimate of drug-likeness (QED) is 0.654. The van der Waals surface area contributed by atoms with Crippen molar-refractivity contribution < 1.29 is 5.73 Å². The maximum Gasteiger partial charge on any atom is 0.128 e. The molecule has 3 rings (SSSR count). The number of nitrogens with zero attached hydrogens (tertiary/aromatic N) is 1. The summed E-state index contributed by atoms with van der Waals surface area (Å²) >= 11 is 0. The minimum absolute atomic E-state index is 1.20. The molecule has 0 aromatic heterocycles. The lowest BCUT2D eigenvalue weighted by molar-refractivity contribution is -0.254. The van der Waals surface area contributed by atoms with Gasteiger partial charge in [-0.2, -0.15) is 0 Å². The zero-order valence-corrected chi connectivity index (χ0v) is 8.55. The Morgan fingerprint density at radius 3 is 2.14 bits per heavy atom. The molecule has 0 saturated heterocycles. The fourth-order valence-corrected chi connectivity index (χ4v) is 2.88. The Bertz CT molecular complexity index is 340.